The van der Waals surface area contributed by atoms with Gasteiger partial charge in [0.25, 0.3) is 0 Å². The Morgan fingerprint density at radius 2 is 2.03 bits per heavy atom. The number of primary amides is 1. The Morgan fingerprint density at radius 1 is 1.17 bits per heavy atom. The molecule has 1 fully saturated rings. The molecule has 3 heterocycles. The molecule has 2 bridgehead atoms. The number of carbonyl (C=O) groups is 1. The third-order valence-electron chi connectivity index (χ3n) is 5.12. The second-order valence-electron chi connectivity index (χ2n) is 6.93. The van der Waals surface area contributed by atoms with E-state index in [4.69, 9.17) is 20.2 Å². The summed E-state index contributed by atoms with van der Waals surface area (Å²) in [5.74, 6) is 1.06. The van der Waals surface area contributed by atoms with Gasteiger partial charge >= 0.3 is 0 Å². The number of amides is 1. The van der Waals surface area contributed by atoms with Crippen LogP contribution in [0, 0.1) is 0 Å². The fraction of sp³-hybridized carbons (Fsp3) is 0.136. The Hall–Kier alpha value is -3.71. The van der Waals surface area contributed by atoms with Gasteiger partial charge in [0, 0.05) is 23.7 Å². The standard InChI is InChI=1S/C22H18N4O3/c23-20(27)14-6-8-15(9-7-14)21-25-18(17-5-1-2-11-24-17)19(26-21)22-10-3-4-16(12-22)28-13-29-22/h1-11H,12-13H2,(H2,23,27)(H,25,26). The molecule has 1 aromatic carbocycles. The Morgan fingerprint density at radius 3 is 2.79 bits per heavy atom. The summed E-state index contributed by atoms with van der Waals surface area (Å²) in [7, 11) is 0. The maximum Gasteiger partial charge on any atom is 0.248 e. The van der Waals surface area contributed by atoms with Gasteiger partial charge in [-0.05, 0) is 36.4 Å². The third kappa shape index (κ3) is 3.01. The fourth-order valence-corrected chi connectivity index (χ4v) is 3.64. The molecule has 1 amide bonds. The minimum absolute atomic E-state index is 0.166. The molecule has 3 aromatic rings. The first kappa shape index (κ1) is 17.4. The van der Waals surface area contributed by atoms with Gasteiger partial charge in [0.15, 0.2) is 6.79 Å². The lowest BCUT2D eigenvalue weighted by Crippen LogP contribution is -2.36. The van der Waals surface area contributed by atoms with Crippen molar-refractivity contribution in [3.63, 3.8) is 0 Å². The van der Waals surface area contributed by atoms with Gasteiger partial charge in [-0.25, -0.2) is 4.98 Å². The van der Waals surface area contributed by atoms with Crippen molar-refractivity contribution in [1.29, 1.82) is 0 Å². The molecule has 1 atom stereocenters. The monoisotopic (exact) mass is 386 g/mol. The Bertz CT molecular complexity index is 1130. The maximum absolute atomic E-state index is 11.4. The molecule has 1 unspecified atom stereocenters. The largest absolute Gasteiger partial charge is 0.472 e. The highest BCUT2D eigenvalue weighted by Crippen LogP contribution is 2.43. The first-order chi connectivity index (χ1) is 14.1. The molecular formula is C22H18N4O3. The highest BCUT2D eigenvalue weighted by atomic mass is 16.7. The molecule has 0 radical (unpaired) electrons. The Balaban J connectivity index is 1.65. The number of imidazole rings is 1. The molecule has 7 nitrogen and oxygen atoms in total. The second-order valence-corrected chi connectivity index (χ2v) is 6.93. The zero-order valence-corrected chi connectivity index (χ0v) is 15.5. The van der Waals surface area contributed by atoms with Gasteiger partial charge in [0.1, 0.15) is 22.9 Å². The van der Waals surface area contributed by atoms with E-state index in [0.717, 1.165) is 22.7 Å². The number of allylic oxidation sites excluding steroid dienone is 2. The van der Waals surface area contributed by atoms with Crippen LogP contribution in [0.4, 0.5) is 0 Å². The topological polar surface area (TPSA) is 103 Å². The van der Waals surface area contributed by atoms with Crippen LogP contribution in [0.3, 0.4) is 0 Å². The van der Waals surface area contributed by atoms with Crippen molar-refractivity contribution in [2.45, 2.75) is 12.0 Å². The van der Waals surface area contributed by atoms with E-state index in [9.17, 15) is 4.79 Å². The smallest absolute Gasteiger partial charge is 0.248 e. The molecule has 7 heteroatoms. The summed E-state index contributed by atoms with van der Waals surface area (Å²) in [6.45, 7) is 0.166. The lowest BCUT2D eigenvalue weighted by Gasteiger charge is -2.37. The quantitative estimate of drug-likeness (QED) is 0.716. The molecule has 3 N–H and O–H groups in total. The van der Waals surface area contributed by atoms with Crippen molar-refractivity contribution in [1.82, 2.24) is 15.0 Å². The lowest BCUT2D eigenvalue weighted by molar-refractivity contribution is -0.151. The SMILES string of the molecule is NC(=O)c1ccc(-c2nc(-c3ccccn3)c(C34C=CC=C(C3)OCO4)[nH]2)cc1. The summed E-state index contributed by atoms with van der Waals surface area (Å²) in [4.78, 5) is 24.1. The average Bonchev–Trinajstić information content (AvgIpc) is 3.21. The molecular weight excluding hydrogens is 368 g/mol. The van der Waals surface area contributed by atoms with Crippen LogP contribution in [0.25, 0.3) is 22.8 Å². The summed E-state index contributed by atoms with van der Waals surface area (Å²) < 4.78 is 11.6. The van der Waals surface area contributed by atoms with Gasteiger partial charge < -0.3 is 20.2 Å². The van der Waals surface area contributed by atoms with E-state index in [-0.39, 0.29) is 6.79 Å². The molecule has 0 saturated carbocycles. The molecule has 2 aliphatic rings. The van der Waals surface area contributed by atoms with E-state index < -0.39 is 11.5 Å². The van der Waals surface area contributed by atoms with Gasteiger partial charge in [0.05, 0.1) is 11.4 Å². The summed E-state index contributed by atoms with van der Waals surface area (Å²) in [5.41, 5.74) is 8.20. The number of aromatic nitrogens is 3. The number of nitrogens with one attached hydrogen (secondary N) is 1. The van der Waals surface area contributed by atoms with Gasteiger partial charge in [-0.15, -0.1) is 0 Å². The number of fused-ring (bicyclic) bond motifs is 2. The predicted octanol–water partition coefficient (Wildman–Crippen LogP) is 3.28. The van der Waals surface area contributed by atoms with Crippen LogP contribution in [0.1, 0.15) is 22.5 Å². The van der Waals surface area contributed by atoms with E-state index in [1.165, 1.54) is 0 Å². The van der Waals surface area contributed by atoms with Crippen LogP contribution in [0.2, 0.25) is 0 Å². The van der Waals surface area contributed by atoms with Crippen LogP contribution in [-0.2, 0) is 15.1 Å². The van der Waals surface area contributed by atoms with Crippen molar-refractivity contribution in [3.8, 4) is 22.8 Å². The van der Waals surface area contributed by atoms with Gasteiger partial charge in [-0.3, -0.25) is 9.78 Å². The summed E-state index contributed by atoms with van der Waals surface area (Å²) >= 11 is 0. The van der Waals surface area contributed by atoms with E-state index in [1.807, 2.05) is 48.6 Å². The number of rotatable bonds is 4. The number of H-pyrrole nitrogens is 1. The van der Waals surface area contributed by atoms with Gasteiger partial charge in [0.2, 0.25) is 5.91 Å². The van der Waals surface area contributed by atoms with Crippen LogP contribution in [0.15, 0.2) is 72.6 Å². The van der Waals surface area contributed by atoms with E-state index >= 15 is 0 Å². The van der Waals surface area contributed by atoms with Gasteiger partial charge in [-0.1, -0.05) is 24.3 Å². The number of hydrogen-bond acceptors (Lipinski definition) is 5. The zero-order valence-electron chi connectivity index (χ0n) is 15.5. The van der Waals surface area contributed by atoms with E-state index in [2.05, 4.69) is 9.97 Å². The number of aromatic amines is 1. The number of nitrogens with two attached hydrogens (primary N) is 1. The Labute approximate surface area is 166 Å². The number of nitrogens with zero attached hydrogens (tertiary/aromatic N) is 2. The predicted molar refractivity (Wildman–Crippen MR) is 106 cm³/mol. The Kier molecular flexibility index (Phi) is 4.03. The van der Waals surface area contributed by atoms with Crippen molar-refractivity contribution in [2.75, 3.05) is 6.79 Å². The van der Waals surface area contributed by atoms with Crippen LogP contribution < -0.4 is 5.73 Å². The summed E-state index contributed by atoms with van der Waals surface area (Å²) in [5, 5.41) is 0. The molecule has 5 rings (SSSR count). The first-order valence-corrected chi connectivity index (χ1v) is 9.22. The number of benzene rings is 1. The minimum atomic E-state index is -0.701. The minimum Gasteiger partial charge on any atom is -0.472 e. The van der Waals surface area contributed by atoms with E-state index in [0.29, 0.717) is 23.5 Å². The number of ether oxygens (including phenoxy) is 2. The number of carbonyl (C=O) groups excluding carboxylic acids is 1. The average molecular weight is 386 g/mol. The highest BCUT2D eigenvalue weighted by Gasteiger charge is 2.41. The van der Waals surface area contributed by atoms with Crippen LogP contribution >= 0.6 is 0 Å². The summed E-state index contributed by atoms with van der Waals surface area (Å²) in [6, 6.07) is 12.7. The molecule has 144 valence electrons. The maximum atomic E-state index is 11.4. The van der Waals surface area contributed by atoms with Gasteiger partial charge in [-0.2, -0.15) is 0 Å². The summed E-state index contributed by atoms with van der Waals surface area (Å²) in [6.07, 6.45) is 8.20. The molecule has 1 aliphatic carbocycles. The first-order valence-electron chi connectivity index (χ1n) is 9.22. The number of pyridine rings is 1. The second kappa shape index (κ2) is 6.72. The molecule has 0 spiro atoms. The molecule has 1 aliphatic heterocycles. The molecule has 1 saturated heterocycles. The number of hydrogen-bond donors (Lipinski definition) is 2. The fourth-order valence-electron chi connectivity index (χ4n) is 3.64. The van der Waals surface area contributed by atoms with Crippen molar-refractivity contribution >= 4 is 5.91 Å². The van der Waals surface area contributed by atoms with E-state index in [1.54, 1.807) is 18.3 Å². The van der Waals surface area contributed by atoms with Crippen LogP contribution in [0.5, 0.6) is 0 Å². The zero-order chi connectivity index (χ0) is 19.8. The van der Waals surface area contributed by atoms with Crippen LogP contribution in [-0.4, -0.2) is 27.7 Å². The normalized spacial score (nSPS) is 20.1. The van der Waals surface area contributed by atoms with Crippen molar-refractivity contribution in [2.24, 2.45) is 5.73 Å². The molecule has 29 heavy (non-hydrogen) atoms. The van der Waals surface area contributed by atoms with Crippen molar-refractivity contribution in [3.05, 3.63) is 83.9 Å². The third-order valence-corrected chi connectivity index (χ3v) is 5.12. The lowest BCUT2D eigenvalue weighted by atomic mass is 9.88. The van der Waals surface area contributed by atoms with Crippen molar-refractivity contribution < 1.29 is 14.3 Å². The molecule has 2 aromatic heterocycles. The highest BCUT2D eigenvalue weighted by molar-refractivity contribution is 5.93.